The summed E-state index contributed by atoms with van der Waals surface area (Å²) in [6.07, 6.45) is 102. The lowest BCUT2D eigenvalue weighted by Gasteiger charge is -2.25. The largest absolute Gasteiger partial charge is 0.472 e. The highest BCUT2D eigenvalue weighted by Crippen LogP contribution is 2.43. The lowest BCUT2D eigenvalue weighted by molar-refractivity contribution is -0.870. The lowest BCUT2D eigenvalue weighted by Crippen LogP contribution is -2.45. The van der Waals surface area contributed by atoms with Gasteiger partial charge >= 0.3 is 7.82 Å². The average Bonchev–Trinajstić information content (AvgIpc) is 3.70. The fourth-order valence-corrected chi connectivity index (χ4v) is 10.8. The Balaban J connectivity index is 4.19. The number of phosphoric ester groups is 1. The number of hydrogen-bond donors (Lipinski definition) is 3. The predicted molar refractivity (Wildman–Crippen MR) is 382 cm³/mol. The first kappa shape index (κ1) is 83.6. The molecule has 0 spiro atoms. The Hall–Kier alpha value is -3.36. The Morgan fingerprint density at radius 3 is 1.01 bits per heavy atom. The monoisotopic (exact) mass is 1230 g/mol. The van der Waals surface area contributed by atoms with Crippen molar-refractivity contribution in [1.82, 2.24) is 5.32 Å². The summed E-state index contributed by atoms with van der Waals surface area (Å²) in [5.74, 6) is -0.203. The summed E-state index contributed by atoms with van der Waals surface area (Å²) in [7, 11) is 1.54. The fraction of sp³-hybridized carbons (Fsp3) is 0.705. The van der Waals surface area contributed by atoms with Gasteiger partial charge in [-0.1, -0.05) is 334 Å². The number of carbonyl (C=O) groups is 1. The van der Waals surface area contributed by atoms with Gasteiger partial charge in [-0.15, -0.1) is 0 Å². The number of hydrogen-bond acceptors (Lipinski definition) is 5. The molecule has 0 aromatic heterocycles. The first-order valence-corrected chi connectivity index (χ1v) is 37.6. The third-order valence-corrected chi connectivity index (χ3v) is 16.6. The molecule has 3 unspecified atom stereocenters. The van der Waals surface area contributed by atoms with E-state index in [1.807, 2.05) is 27.2 Å². The number of likely N-dealkylation sites (N-methyl/N-ethyl adjacent to an activating group) is 1. The van der Waals surface area contributed by atoms with Crippen molar-refractivity contribution >= 4 is 13.7 Å². The number of nitrogens with one attached hydrogen (secondary N) is 1. The topological polar surface area (TPSA) is 105 Å². The highest BCUT2D eigenvalue weighted by molar-refractivity contribution is 7.47. The molecule has 0 fully saturated rings. The molecular weight excluding hydrogens is 1090 g/mol. The molecule has 0 aliphatic carbocycles. The van der Waals surface area contributed by atoms with Gasteiger partial charge in [-0.25, -0.2) is 4.57 Å². The van der Waals surface area contributed by atoms with Crippen molar-refractivity contribution < 1.29 is 32.9 Å². The number of rotatable bonds is 65. The second-order valence-electron chi connectivity index (χ2n) is 25.2. The van der Waals surface area contributed by atoms with Crippen LogP contribution in [0.15, 0.2) is 134 Å². The number of phosphoric acid groups is 1. The van der Waals surface area contributed by atoms with Gasteiger partial charge in [0.2, 0.25) is 5.91 Å². The quantitative estimate of drug-likeness (QED) is 0.0243. The van der Waals surface area contributed by atoms with Gasteiger partial charge < -0.3 is 19.8 Å². The maximum atomic E-state index is 13.1. The van der Waals surface area contributed by atoms with Gasteiger partial charge in [-0.05, 0) is 96.3 Å². The van der Waals surface area contributed by atoms with Gasteiger partial charge in [0.05, 0.1) is 39.9 Å². The van der Waals surface area contributed by atoms with Crippen molar-refractivity contribution in [2.75, 3.05) is 40.9 Å². The number of nitrogens with zero attached hydrogens (tertiary/aromatic N) is 1. The summed E-state index contributed by atoms with van der Waals surface area (Å²) in [4.78, 5) is 23.4. The molecule has 0 aliphatic heterocycles. The van der Waals surface area contributed by atoms with Gasteiger partial charge in [0.25, 0.3) is 0 Å². The number of unbranched alkanes of at least 4 members (excludes halogenated alkanes) is 32. The van der Waals surface area contributed by atoms with E-state index in [1.54, 1.807) is 6.08 Å². The summed E-state index contributed by atoms with van der Waals surface area (Å²) in [5.41, 5.74) is 0. The van der Waals surface area contributed by atoms with Crippen molar-refractivity contribution in [1.29, 1.82) is 0 Å². The maximum absolute atomic E-state index is 13.1. The molecule has 0 aliphatic rings. The molecule has 0 aromatic carbocycles. The predicted octanol–water partition coefficient (Wildman–Crippen LogP) is 23.4. The Morgan fingerprint density at radius 1 is 0.402 bits per heavy atom. The van der Waals surface area contributed by atoms with Crippen LogP contribution in [0.4, 0.5) is 0 Å². The van der Waals surface area contributed by atoms with E-state index in [9.17, 15) is 19.4 Å². The van der Waals surface area contributed by atoms with Crippen molar-refractivity contribution in [2.24, 2.45) is 0 Å². The van der Waals surface area contributed by atoms with E-state index in [0.29, 0.717) is 17.4 Å². The Morgan fingerprint density at radius 2 is 0.690 bits per heavy atom. The van der Waals surface area contributed by atoms with Crippen LogP contribution in [0.5, 0.6) is 0 Å². The van der Waals surface area contributed by atoms with Gasteiger partial charge in [-0.2, -0.15) is 0 Å². The van der Waals surface area contributed by atoms with Crippen LogP contribution in [0.1, 0.15) is 303 Å². The highest BCUT2D eigenvalue weighted by Gasteiger charge is 2.28. The van der Waals surface area contributed by atoms with Crippen LogP contribution >= 0.6 is 7.82 Å². The molecule has 87 heavy (non-hydrogen) atoms. The molecule has 0 rings (SSSR count). The minimum absolute atomic E-state index is 0.0495. The number of allylic oxidation sites excluding steroid dienone is 21. The summed E-state index contributed by atoms with van der Waals surface area (Å²) in [5, 5.41) is 14.0. The van der Waals surface area contributed by atoms with E-state index in [2.05, 4.69) is 141 Å². The van der Waals surface area contributed by atoms with Crippen LogP contribution in [0.3, 0.4) is 0 Å². The van der Waals surface area contributed by atoms with Gasteiger partial charge in [0.1, 0.15) is 13.2 Å². The number of carbonyl (C=O) groups excluding carboxylic acids is 1. The van der Waals surface area contributed by atoms with E-state index in [4.69, 9.17) is 9.05 Å². The molecule has 9 heteroatoms. The van der Waals surface area contributed by atoms with Gasteiger partial charge in [0.15, 0.2) is 0 Å². The van der Waals surface area contributed by atoms with Crippen LogP contribution in [0.25, 0.3) is 0 Å². The summed E-state index contributed by atoms with van der Waals surface area (Å²) in [6.45, 7) is 4.70. The summed E-state index contributed by atoms with van der Waals surface area (Å²) >= 11 is 0. The van der Waals surface area contributed by atoms with Crippen LogP contribution in [0.2, 0.25) is 0 Å². The molecule has 1 amide bonds. The average molecular weight is 1230 g/mol. The molecular formula is C78H138N2O6P+. The van der Waals surface area contributed by atoms with Crippen molar-refractivity contribution in [3.8, 4) is 0 Å². The molecule has 0 bridgehead atoms. The van der Waals surface area contributed by atoms with Gasteiger partial charge in [-0.3, -0.25) is 13.8 Å². The Labute approximate surface area is 538 Å². The first-order chi connectivity index (χ1) is 42.5. The third kappa shape index (κ3) is 70.0. The molecule has 3 atom stereocenters. The molecule has 0 aromatic rings. The zero-order chi connectivity index (χ0) is 63.4. The number of amides is 1. The normalized spacial score (nSPS) is 14.4. The summed E-state index contributed by atoms with van der Waals surface area (Å²) < 4.78 is 23.8. The third-order valence-electron chi connectivity index (χ3n) is 15.6. The van der Waals surface area contributed by atoms with E-state index in [-0.39, 0.29) is 19.1 Å². The summed E-state index contributed by atoms with van der Waals surface area (Å²) in [6, 6.07) is -0.873. The zero-order valence-corrected chi connectivity index (χ0v) is 58.1. The minimum atomic E-state index is -4.37. The van der Waals surface area contributed by atoms with E-state index >= 15 is 0 Å². The molecule has 500 valence electrons. The molecule has 3 N–H and O–H groups in total. The SMILES string of the molecule is CC/C=C\C/C=C\C/C=C\C/C=C\C/C=C\C/C=C\C/C=C\C/C=C\C/C=C\C/C=C\CCCCCCC(=O)NC(COP(=O)(O)OCC[N+](C)(C)C)C(O)/C=C/CCCCCCCCCCCCCCCCCCCCCCCCCCCCCC. The molecule has 0 saturated heterocycles. The Kier molecular flexibility index (Phi) is 64.5. The number of aliphatic hydroxyl groups excluding tert-OH is 1. The van der Waals surface area contributed by atoms with Gasteiger partial charge in [0, 0.05) is 6.42 Å². The standard InChI is InChI=1S/C78H137N2O6P/c1-6-8-10-12-14-16-18-20-22-24-26-28-30-32-34-36-38-39-40-41-42-44-46-48-50-52-54-56-58-60-62-64-66-68-70-72-78(82)79-76(75-86-87(83,84)85-74-73-80(3,4)5)77(81)71-69-67-65-63-61-59-57-55-53-51-49-47-45-43-37-35-33-31-29-27-25-23-21-19-17-15-13-11-9-7-2/h8,10,14,16,20,22,26,28,32,34,38-39,41-42,46,48,52,54,58,60,69,71,76-77,81H,6-7,9,11-13,15,17-19,21,23-25,27,29-31,33,35-37,40,43-45,47,49-51,53,55-57,59,61-68,70,72-75H2,1-5H3,(H-,79,82,83,84)/p+1/b10-8-,16-14-,22-20-,28-26-,34-32-,39-38-,42-41-,48-46-,54-52-,60-58-,71-69+. The zero-order valence-electron chi connectivity index (χ0n) is 57.2. The van der Waals surface area contributed by atoms with Crippen molar-refractivity contribution in [3.63, 3.8) is 0 Å². The minimum Gasteiger partial charge on any atom is -0.387 e. The smallest absolute Gasteiger partial charge is 0.387 e. The number of aliphatic hydroxyl groups is 1. The Bertz CT molecular complexity index is 1880. The molecule has 0 heterocycles. The molecule has 8 nitrogen and oxygen atoms in total. The van der Waals surface area contributed by atoms with Crippen LogP contribution in [-0.4, -0.2) is 73.4 Å². The fourth-order valence-electron chi connectivity index (χ4n) is 10.1. The van der Waals surface area contributed by atoms with E-state index in [1.165, 1.54) is 167 Å². The van der Waals surface area contributed by atoms with Crippen LogP contribution < -0.4 is 5.32 Å². The van der Waals surface area contributed by atoms with Crippen LogP contribution in [0, 0.1) is 0 Å². The van der Waals surface area contributed by atoms with E-state index in [0.717, 1.165) is 116 Å². The van der Waals surface area contributed by atoms with Crippen molar-refractivity contribution in [3.05, 3.63) is 134 Å². The highest BCUT2D eigenvalue weighted by atomic mass is 31.2. The van der Waals surface area contributed by atoms with Crippen LogP contribution in [-0.2, 0) is 18.4 Å². The van der Waals surface area contributed by atoms with E-state index < -0.39 is 20.0 Å². The second-order valence-corrected chi connectivity index (χ2v) is 26.7. The molecule has 0 radical (unpaired) electrons. The molecule has 0 saturated carbocycles. The van der Waals surface area contributed by atoms with Crippen molar-refractivity contribution in [2.45, 2.75) is 315 Å². The lowest BCUT2D eigenvalue weighted by atomic mass is 10.0. The maximum Gasteiger partial charge on any atom is 0.472 e. The first-order valence-electron chi connectivity index (χ1n) is 36.1. The second kappa shape index (κ2) is 67.0. The number of quaternary nitrogens is 1.